The lowest BCUT2D eigenvalue weighted by Gasteiger charge is -2.16. The maximum atomic E-state index is 12.9. The fraction of sp³-hybridized carbons (Fsp3) is 0.467. The molecule has 0 aromatic heterocycles. The maximum absolute atomic E-state index is 12.9. The average molecular weight is 294 g/mol. The van der Waals surface area contributed by atoms with Gasteiger partial charge in [-0.2, -0.15) is 0 Å². The predicted molar refractivity (Wildman–Crippen MR) is 75.2 cm³/mol. The molecule has 6 heteroatoms. The summed E-state index contributed by atoms with van der Waals surface area (Å²) >= 11 is 0. The molecule has 0 unspecified atom stereocenters. The second-order valence-electron chi connectivity index (χ2n) is 5.18. The minimum atomic E-state index is -0.495. The van der Waals surface area contributed by atoms with E-state index in [4.69, 9.17) is 4.74 Å². The van der Waals surface area contributed by atoms with Crippen LogP contribution in [0.2, 0.25) is 0 Å². The van der Waals surface area contributed by atoms with Crippen LogP contribution in [0.1, 0.15) is 18.4 Å². The Bertz CT molecular complexity index is 500. The first-order valence-electron chi connectivity index (χ1n) is 6.95. The number of carbonyl (C=O) groups excluding carboxylic acids is 2. The molecule has 1 aromatic rings. The highest BCUT2D eigenvalue weighted by Crippen LogP contribution is 2.18. The molecular weight excluding hydrogens is 275 g/mol. The van der Waals surface area contributed by atoms with E-state index < -0.39 is 11.9 Å². The molecule has 0 spiro atoms. The zero-order valence-electron chi connectivity index (χ0n) is 11.9. The van der Waals surface area contributed by atoms with Gasteiger partial charge in [-0.3, -0.25) is 4.79 Å². The third kappa shape index (κ3) is 5.06. The summed E-state index contributed by atoms with van der Waals surface area (Å²) in [6.45, 7) is 0.183. The molecule has 0 bridgehead atoms. The topological polar surface area (TPSA) is 67.4 Å². The Morgan fingerprint density at radius 2 is 2.00 bits per heavy atom. The predicted octanol–water partition coefficient (Wildman–Crippen LogP) is 1.62. The Kier molecular flexibility index (Phi) is 5.14. The van der Waals surface area contributed by atoms with Crippen LogP contribution in [0.15, 0.2) is 24.3 Å². The van der Waals surface area contributed by atoms with E-state index in [-0.39, 0.29) is 24.4 Å². The van der Waals surface area contributed by atoms with E-state index in [9.17, 15) is 14.0 Å². The maximum Gasteiger partial charge on any atom is 0.315 e. The van der Waals surface area contributed by atoms with Crippen molar-refractivity contribution in [3.05, 3.63) is 35.6 Å². The van der Waals surface area contributed by atoms with Crippen molar-refractivity contribution in [2.45, 2.75) is 25.3 Å². The highest BCUT2D eigenvalue weighted by atomic mass is 19.1. The van der Waals surface area contributed by atoms with E-state index >= 15 is 0 Å². The molecule has 2 rings (SSSR count). The van der Waals surface area contributed by atoms with Crippen molar-refractivity contribution < 1.29 is 18.7 Å². The molecule has 1 aliphatic carbocycles. The van der Waals surface area contributed by atoms with E-state index in [2.05, 4.69) is 10.6 Å². The van der Waals surface area contributed by atoms with E-state index in [0.717, 1.165) is 18.4 Å². The first-order chi connectivity index (χ1) is 10.1. The standard InChI is InChI=1S/C15H19FN2O3/c1-21-14(19)11(8-10-2-4-12(16)5-3-10)9-17-15(20)18-13-6-7-13/h2-5,11,13H,6-9H2,1H3,(H2,17,18,20)/t11-/m1/s1. The normalized spacial score (nSPS) is 15.1. The van der Waals surface area contributed by atoms with Crippen LogP contribution < -0.4 is 10.6 Å². The molecule has 0 heterocycles. The van der Waals surface area contributed by atoms with Gasteiger partial charge in [0.2, 0.25) is 0 Å². The van der Waals surface area contributed by atoms with Crippen molar-refractivity contribution in [3.8, 4) is 0 Å². The number of hydrogen-bond acceptors (Lipinski definition) is 3. The monoisotopic (exact) mass is 294 g/mol. The summed E-state index contributed by atoms with van der Waals surface area (Å²) in [5.41, 5.74) is 0.816. The van der Waals surface area contributed by atoms with Crippen LogP contribution in [0, 0.1) is 11.7 Å². The Morgan fingerprint density at radius 3 is 2.57 bits per heavy atom. The number of methoxy groups -OCH3 is 1. The number of esters is 1. The van der Waals surface area contributed by atoms with E-state index in [1.807, 2.05) is 0 Å². The van der Waals surface area contributed by atoms with Gasteiger partial charge in [-0.25, -0.2) is 9.18 Å². The van der Waals surface area contributed by atoms with Crippen LogP contribution in [0.3, 0.4) is 0 Å². The highest BCUT2D eigenvalue weighted by molar-refractivity contribution is 5.77. The molecule has 1 aliphatic rings. The largest absolute Gasteiger partial charge is 0.469 e. The van der Waals surface area contributed by atoms with Crippen LogP contribution in [-0.2, 0) is 16.0 Å². The quantitative estimate of drug-likeness (QED) is 0.783. The molecule has 2 N–H and O–H groups in total. The minimum absolute atomic E-state index is 0.183. The van der Waals surface area contributed by atoms with Crippen LogP contribution >= 0.6 is 0 Å². The first kappa shape index (κ1) is 15.3. The summed E-state index contributed by atoms with van der Waals surface area (Å²) < 4.78 is 17.6. The molecule has 0 aliphatic heterocycles. The summed E-state index contributed by atoms with van der Waals surface area (Å²) in [4.78, 5) is 23.3. The molecular formula is C15H19FN2O3. The smallest absolute Gasteiger partial charge is 0.315 e. The van der Waals surface area contributed by atoms with Crippen LogP contribution in [0.4, 0.5) is 9.18 Å². The summed E-state index contributed by atoms with van der Waals surface area (Å²) in [6.07, 6.45) is 2.39. The van der Waals surface area contributed by atoms with Gasteiger partial charge >= 0.3 is 12.0 Å². The van der Waals surface area contributed by atoms with Crippen LogP contribution in [0.25, 0.3) is 0 Å². The van der Waals surface area contributed by atoms with Gasteiger partial charge in [0.25, 0.3) is 0 Å². The molecule has 0 saturated heterocycles. The molecule has 1 saturated carbocycles. The molecule has 1 aromatic carbocycles. The number of halogens is 1. The van der Waals surface area contributed by atoms with Gasteiger partial charge in [0.15, 0.2) is 0 Å². The minimum Gasteiger partial charge on any atom is -0.469 e. The fourth-order valence-corrected chi connectivity index (χ4v) is 1.99. The summed E-state index contributed by atoms with van der Waals surface area (Å²) in [6, 6.07) is 5.92. The molecule has 0 radical (unpaired) electrons. The Labute approximate surface area is 122 Å². The third-order valence-electron chi connectivity index (χ3n) is 3.35. The van der Waals surface area contributed by atoms with Crippen molar-refractivity contribution in [2.75, 3.05) is 13.7 Å². The van der Waals surface area contributed by atoms with Crippen LogP contribution in [0.5, 0.6) is 0 Å². The molecule has 21 heavy (non-hydrogen) atoms. The lowest BCUT2D eigenvalue weighted by molar-refractivity contribution is -0.145. The lowest BCUT2D eigenvalue weighted by Crippen LogP contribution is -2.41. The van der Waals surface area contributed by atoms with Crippen LogP contribution in [-0.4, -0.2) is 31.7 Å². The SMILES string of the molecule is COC(=O)[C@@H](CNC(=O)NC1CC1)Cc1ccc(F)cc1. The molecule has 114 valence electrons. The number of urea groups is 1. The summed E-state index contributed by atoms with van der Waals surface area (Å²) in [7, 11) is 1.31. The van der Waals surface area contributed by atoms with Crippen molar-refractivity contribution in [1.29, 1.82) is 0 Å². The van der Waals surface area contributed by atoms with Gasteiger partial charge in [-0.1, -0.05) is 12.1 Å². The van der Waals surface area contributed by atoms with Crippen molar-refractivity contribution in [3.63, 3.8) is 0 Å². The number of amides is 2. The van der Waals surface area contributed by atoms with Gasteiger partial charge in [0, 0.05) is 12.6 Å². The third-order valence-corrected chi connectivity index (χ3v) is 3.35. The van der Waals surface area contributed by atoms with Gasteiger partial charge in [-0.05, 0) is 37.0 Å². The summed E-state index contributed by atoms with van der Waals surface area (Å²) in [5.74, 6) is -1.22. The summed E-state index contributed by atoms with van der Waals surface area (Å²) in [5, 5.41) is 5.46. The molecule has 2 amide bonds. The molecule has 5 nitrogen and oxygen atoms in total. The van der Waals surface area contributed by atoms with Crippen molar-refractivity contribution >= 4 is 12.0 Å². The van der Waals surface area contributed by atoms with E-state index in [1.165, 1.54) is 19.2 Å². The number of hydrogen-bond donors (Lipinski definition) is 2. The van der Waals surface area contributed by atoms with Gasteiger partial charge in [0.1, 0.15) is 5.82 Å². The van der Waals surface area contributed by atoms with E-state index in [0.29, 0.717) is 6.42 Å². The van der Waals surface area contributed by atoms with Gasteiger partial charge in [0.05, 0.1) is 13.0 Å². The van der Waals surface area contributed by atoms with Crippen molar-refractivity contribution in [2.24, 2.45) is 5.92 Å². The number of ether oxygens (including phenoxy) is 1. The number of carbonyl (C=O) groups is 2. The Balaban J connectivity index is 1.88. The van der Waals surface area contributed by atoms with E-state index in [1.54, 1.807) is 12.1 Å². The Morgan fingerprint density at radius 1 is 1.33 bits per heavy atom. The average Bonchev–Trinajstić information content (AvgIpc) is 3.28. The molecule has 1 fully saturated rings. The second-order valence-corrected chi connectivity index (χ2v) is 5.18. The number of benzene rings is 1. The highest BCUT2D eigenvalue weighted by Gasteiger charge is 2.25. The number of rotatable bonds is 6. The molecule has 1 atom stereocenters. The second kappa shape index (κ2) is 7.06. The first-order valence-corrected chi connectivity index (χ1v) is 6.95. The number of nitrogens with one attached hydrogen (secondary N) is 2. The Hall–Kier alpha value is -2.11. The van der Waals surface area contributed by atoms with Gasteiger partial charge in [-0.15, -0.1) is 0 Å². The zero-order chi connectivity index (χ0) is 15.2. The van der Waals surface area contributed by atoms with Gasteiger partial charge < -0.3 is 15.4 Å². The lowest BCUT2D eigenvalue weighted by atomic mass is 9.99. The van der Waals surface area contributed by atoms with Crippen molar-refractivity contribution in [1.82, 2.24) is 10.6 Å². The zero-order valence-corrected chi connectivity index (χ0v) is 11.9. The fourth-order valence-electron chi connectivity index (χ4n) is 1.99.